The second-order valence-corrected chi connectivity index (χ2v) is 6.54. The first kappa shape index (κ1) is 14.5. The number of hydrogen-bond acceptors (Lipinski definition) is 3. The lowest BCUT2D eigenvalue weighted by Gasteiger charge is -2.18. The summed E-state index contributed by atoms with van der Waals surface area (Å²) in [5.74, 6) is 0.646. The summed E-state index contributed by atoms with van der Waals surface area (Å²) in [7, 11) is 1.87. The lowest BCUT2D eigenvalue weighted by Crippen LogP contribution is -2.30. The fourth-order valence-corrected chi connectivity index (χ4v) is 3.68. The molecular weight excluding hydrogens is 290 g/mol. The Kier molecular flexibility index (Phi) is 3.45. The molecule has 1 saturated heterocycles. The number of rotatable bonds is 2. The van der Waals surface area contributed by atoms with Crippen molar-refractivity contribution >= 4 is 11.6 Å². The van der Waals surface area contributed by atoms with E-state index in [-0.39, 0.29) is 11.8 Å². The fourth-order valence-electron chi connectivity index (χ4n) is 3.68. The van der Waals surface area contributed by atoms with Gasteiger partial charge in [-0.15, -0.1) is 0 Å². The number of aromatic nitrogens is 2. The Balaban J connectivity index is 1.71. The van der Waals surface area contributed by atoms with E-state index in [0.717, 1.165) is 31.0 Å². The molecule has 1 aromatic heterocycles. The smallest absolute Gasteiger partial charge is 0.261 e. The lowest BCUT2D eigenvalue weighted by molar-refractivity contribution is 0.0987. The Morgan fingerprint density at radius 1 is 1.35 bits per heavy atom. The number of fused-ring (bicyclic) bond motifs is 1. The van der Waals surface area contributed by atoms with Crippen molar-refractivity contribution in [3.05, 3.63) is 47.3 Å². The Bertz CT molecular complexity index is 746. The molecule has 0 saturated carbocycles. The van der Waals surface area contributed by atoms with Gasteiger partial charge in [-0.25, -0.2) is 0 Å². The highest BCUT2D eigenvalue weighted by atomic mass is 16.5. The molecule has 0 aliphatic carbocycles. The van der Waals surface area contributed by atoms with E-state index in [1.807, 2.05) is 36.3 Å². The molecule has 120 valence electrons. The van der Waals surface area contributed by atoms with Crippen molar-refractivity contribution in [2.45, 2.75) is 25.2 Å². The van der Waals surface area contributed by atoms with Gasteiger partial charge in [0.1, 0.15) is 0 Å². The van der Waals surface area contributed by atoms with Crippen LogP contribution < -0.4 is 4.90 Å². The molecule has 5 nitrogen and oxygen atoms in total. The number of nitrogens with zero attached hydrogens (tertiary/aromatic N) is 3. The second-order valence-electron chi connectivity index (χ2n) is 6.54. The minimum Gasteiger partial charge on any atom is -0.381 e. The highest BCUT2D eigenvalue weighted by molar-refractivity contribution is 6.08. The normalized spacial score (nSPS) is 23.3. The minimum absolute atomic E-state index is 0.0526. The number of hydrogen-bond donors (Lipinski definition) is 0. The van der Waals surface area contributed by atoms with Crippen LogP contribution in [0.4, 0.5) is 5.69 Å². The topological polar surface area (TPSA) is 47.4 Å². The van der Waals surface area contributed by atoms with Gasteiger partial charge in [-0.1, -0.05) is 25.1 Å². The van der Waals surface area contributed by atoms with E-state index in [0.29, 0.717) is 18.1 Å². The molecule has 2 atom stereocenters. The summed E-state index contributed by atoms with van der Waals surface area (Å²) in [6.45, 7) is 4.30. The molecule has 1 aromatic carbocycles. The van der Waals surface area contributed by atoms with E-state index in [1.54, 1.807) is 4.68 Å². The van der Waals surface area contributed by atoms with Crippen LogP contribution in [0, 0.1) is 0 Å². The molecule has 5 heteroatoms. The molecular formula is C18H21N3O2. The van der Waals surface area contributed by atoms with Crippen molar-refractivity contribution in [1.82, 2.24) is 9.78 Å². The third kappa shape index (κ3) is 2.36. The summed E-state index contributed by atoms with van der Waals surface area (Å²) >= 11 is 0. The Morgan fingerprint density at radius 2 is 2.17 bits per heavy atom. The quantitative estimate of drug-likeness (QED) is 0.857. The summed E-state index contributed by atoms with van der Waals surface area (Å²) in [6, 6.07) is 8.18. The third-order valence-electron chi connectivity index (χ3n) is 4.86. The first-order chi connectivity index (χ1) is 11.1. The van der Waals surface area contributed by atoms with Crippen molar-refractivity contribution in [3.63, 3.8) is 0 Å². The van der Waals surface area contributed by atoms with Crippen molar-refractivity contribution in [1.29, 1.82) is 0 Å². The van der Waals surface area contributed by atoms with Crippen LogP contribution in [0.2, 0.25) is 0 Å². The van der Waals surface area contributed by atoms with Gasteiger partial charge in [-0.2, -0.15) is 5.10 Å². The van der Waals surface area contributed by atoms with Crippen LogP contribution in [0.1, 0.15) is 46.8 Å². The molecule has 0 unspecified atom stereocenters. The van der Waals surface area contributed by atoms with Gasteiger partial charge < -0.3 is 9.64 Å². The average Bonchev–Trinajstić information content (AvgIpc) is 3.26. The summed E-state index contributed by atoms with van der Waals surface area (Å²) in [4.78, 5) is 15.1. The van der Waals surface area contributed by atoms with Crippen LogP contribution in [-0.2, 0) is 11.8 Å². The first-order valence-corrected chi connectivity index (χ1v) is 8.17. The molecule has 4 rings (SSSR count). The fraction of sp³-hybridized carbons (Fsp3) is 0.444. The first-order valence-electron chi connectivity index (χ1n) is 8.17. The van der Waals surface area contributed by atoms with E-state index in [1.165, 1.54) is 5.56 Å². The number of carbonyl (C=O) groups excluding carboxylic acids is 1. The highest BCUT2D eigenvalue weighted by Gasteiger charge is 2.34. The summed E-state index contributed by atoms with van der Waals surface area (Å²) < 4.78 is 7.22. The molecule has 23 heavy (non-hydrogen) atoms. The van der Waals surface area contributed by atoms with Gasteiger partial charge in [-0.3, -0.25) is 9.48 Å². The monoisotopic (exact) mass is 311 g/mol. The van der Waals surface area contributed by atoms with Crippen LogP contribution in [0.5, 0.6) is 0 Å². The average molecular weight is 311 g/mol. The van der Waals surface area contributed by atoms with Gasteiger partial charge in [0.25, 0.3) is 5.91 Å². The van der Waals surface area contributed by atoms with Gasteiger partial charge >= 0.3 is 0 Å². The Hall–Kier alpha value is -2.14. The van der Waals surface area contributed by atoms with Gasteiger partial charge in [0.05, 0.1) is 17.9 Å². The van der Waals surface area contributed by atoms with Crippen molar-refractivity contribution in [2.24, 2.45) is 7.05 Å². The van der Waals surface area contributed by atoms with E-state index in [9.17, 15) is 4.79 Å². The second kappa shape index (κ2) is 5.49. The molecule has 1 fully saturated rings. The van der Waals surface area contributed by atoms with Crippen LogP contribution in [0.15, 0.2) is 30.5 Å². The molecule has 0 radical (unpaired) electrons. The maximum atomic E-state index is 13.2. The van der Waals surface area contributed by atoms with Crippen LogP contribution in [0.25, 0.3) is 0 Å². The molecule has 2 aliphatic heterocycles. The Labute approximate surface area is 135 Å². The summed E-state index contributed by atoms with van der Waals surface area (Å²) in [5.41, 5.74) is 3.87. The largest absolute Gasteiger partial charge is 0.381 e. The predicted molar refractivity (Wildman–Crippen MR) is 87.9 cm³/mol. The van der Waals surface area contributed by atoms with Gasteiger partial charge in [-0.05, 0) is 18.1 Å². The van der Waals surface area contributed by atoms with E-state index >= 15 is 0 Å². The summed E-state index contributed by atoms with van der Waals surface area (Å²) in [6.07, 6.45) is 2.78. The zero-order valence-electron chi connectivity index (χ0n) is 13.5. The van der Waals surface area contributed by atoms with E-state index in [2.05, 4.69) is 18.1 Å². The molecule has 3 heterocycles. The maximum Gasteiger partial charge on any atom is 0.261 e. The van der Waals surface area contributed by atoms with Crippen LogP contribution in [-0.4, -0.2) is 35.4 Å². The molecule has 2 aromatic rings. The van der Waals surface area contributed by atoms with Crippen molar-refractivity contribution in [3.8, 4) is 0 Å². The number of ether oxygens (including phenoxy) is 1. The number of anilines is 1. The van der Waals surface area contributed by atoms with Crippen LogP contribution in [0.3, 0.4) is 0 Å². The van der Waals surface area contributed by atoms with Crippen LogP contribution >= 0.6 is 0 Å². The molecule has 0 N–H and O–H groups in total. The number of aryl methyl sites for hydroxylation is 1. The highest BCUT2D eigenvalue weighted by Crippen LogP contribution is 2.37. The molecule has 0 bridgehead atoms. The van der Waals surface area contributed by atoms with Crippen molar-refractivity contribution < 1.29 is 9.53 Å². The van der Waals surface area contributed by atoms with E-state index < -0.39 is 0 Å². The van der Waals surface area contributed by atoms with Gasteiger partial charge in [0, 0.05) is 43.9 Å². The third-order valence-corrected chi connectivity index (χ3v) is 4.86. The Morgan fingerprint density at radius 3 is 2.96 bits per heavy atom. The number of para-hydroxylation sites is 1. The molecule has 0 spiro atoms. The minimum atomic E-state index is 0.0526. The zero-order chi connectivity index (χ0) is 16.0. The molecule has 1 amide bonds. The number of benzene rings is 1. The maximum absolute atomic E-state index is 13.2. The van der Waals surface area contributed by atoms with Crippen molar-refractivity contribution in [2.75, 3.05) is 24.7 Å². The predicted octanol–water partition coefficient (Wildman–Crippen LogP) is 2.69. The number of carbonyl (C=O) groups is 1. The van der Waals surface area contributed by atoms with Gasteiger partial charge in [0.15, 0.2) is 0 Å². The standard InChI is InChI=1S/C18H21N3O2/c1-12-9-21(16-6-4-3-5-14(12)16)18(22)15-10-20(2)19-17(15)13-7-8-23-11-13/h3-6,10,12-13H,7-9,11H2,1-2H3/t12-,13-/m0/s1. The number of amides is 1. The lowest BCUT2D eigenvalue weighted by atomic mass is 10.0. The SMILES string of the molecule is C[C@H]1CN(C(=O)c2cn(C)nc2[C@H]2CCOC2)c2ccccc21. The zero-order valence-corrected chi connectivity index (χ0v) is 13.5. The van der Waals surface area contributed by atoms with Gasteiger partial charge in [0.2, 0.25) is 0 Å². The molecule has 2 aliphatic rings. The summed E-state index contributed by atoms with van der Waals surface area (Å²) in [5, 5.41) is 4.55. The van der Waals surface area contributed by atoms with E-state index in [4.69, 9.17) is 4.74 Å².